The molecule has 2 aromatic rings. The lowest BCUT2D eigenvalue weighted by Gasteiger charge is -2.11. The number of allylic oxidation sites excluding steroid dienone is 1. The van der Waals surface area contributed by atoms with Gasteiger partial charge in [0.15, 0.2) is 12.4 Å². The summed E-state index contributed by atoms with van der Waals surface area (Å²) >= 11 is 0. The van der Waals surface area contributed by atoms with Crippen LogP contribution in [0.2, 0.25) is 0 Å². The Morgan fingerprint density at radius 3 is 2.56 bits per heavy atom. The molecule has 1 atom stereocenters. The molecular formula is C21H27N2O2+. The van der Waals surface area contributed by atoms with Gasteiger partial charge < -0.3 is 0 Å². The fraction of sp³-hybridized carbons (Fsp3) is 0.381. The van der Waals surface area contributed by atoms with Gasteiger partial charge in [0.05, 0.1) is 0 Å². The number of hydrogen-bond acceptors (Lipinski definition) is 3. The summed E-state index contributed by atoms with van der Waals surface area (Å²) in [5.74, 6) is 0.551. The minimum absolute atomic E-state index is 0.0293. The molecule has 0 fully saturated rings. The number of pyridine rings is 2. The molecule has 0 aliphatic rings. The van der Waals surface area contributed by atoms with Crippen LogP contribution in [0.5, 0.6) is 0 Å². The van der Waals surface area contributed by atoms with Gasteiger partial charge >= 0.3 is 0 Å². The van der Waals surface area contributed by atoms with E-state index in [4.69, 9.17) is 4.84 Å². The summed E-state index contributed by atoms with van der Waals surface area (Å²) in [5, 5.41) is 0. The van der Waals surface area contributed by atoms with Crippen LogP contribution in [0, 0.1) is 5.92 Å². The van der Waals surface area contributed by atoms with E-state index in [1.807, 2.05) is 12.1 Å². The lowest BCUT2D eigenvalue weighted by Crippen LogP contribution is -2.44. The van der Waals surface area contributed by atoms with Gasteiger partial charge in [-0.3, -0.25) is 14.6 Å². The summed E-state index contributed by atoms with van der Waals surface area (Å²) in [5.41, 5.74) is 1.60. The van der Waals surface area contributed by atoms with E-state index in [1.54, 1.807) is 53.8 Å². The number of rotatable bonds is 10. The van der Waals surface area contributed by atoms with Crippen LogP contribution in [0.15, 0.2) is 55.1 Å². The van der Waals surface area contributed by atoms with Gasteiger partial charge in [0, 0.05) is 34.8 Å². The average molecular weight is 339 g/mol. The SMILES string of the molecule is CCCCC(CC)CO[n+]1ccc(C(=O)C=Cc2ccncc2)cc1. The maximum atomic E-state index is 12.2. The van der Waals surface area contributed by atoms with Crippen molar-refractivity contribution in [2.75, 3.05) is 6.61 Å². The Labute approximate surface area is 150 Å². The highest BCUT2D eigenvalue weighted by molar-refractivity contribution is 6.06. The first-order valence-electron chi connectivity index (χ1n) is 9.00. The molecule has 0 saturated carbocycles. The van der Waals surface area contributed by atoms with E-state index in [9.17, 15) is 4.79 Å². The van der Waals surface area contributed by atoms with Crippen LogP contribution >= 0.6 is 0 Å². The lowest BCUT2D eigenvalue weighted by molar-refractivity contribution is -0.892. The molecule has 25 heavy (non-hydrogen) atoms. The molecule has 132 valence electrons. The second-order valence-corrected chi connectivity index (χ2v) is 6.14. The summed E-state index contributed by atoms with van der Waals surface area (Å²) in [6.07, 6.45) is 15.1. The predicted octanol–water partition coefficient (Wildman–Crippen LogP) is 3.91. The van der Waals surface area contributed by atoms with Gasteiger partial charge in [0.2, 0.25) is 12.4 Å². The minimum atomic E-state index is -0.0293. The van der Waals surface area contributed by atoms with Crippen molar-refractivity contribution in [2.45, 2.75) is 39.5 Å². The van der Waals surface area contributed by atoms with Crippen molar-refractivity contribution < 1.29 is 14.4 Å². The van der Waals surface area contributed by atoms with Gasteiger partial charge in [-0.25, -0.2) is 0 Å². The van der Waals surface area contributed by atoms with Crippen LogP contribution in [0.25, 0.3) is 6.08 Å². The molecule has 2 rings (SSSR count). The van der Waals surface area contributed by atoms with Crippen LogP contribution in [0.4, 0.5) is 0 Å². The zero-order chi connectivity index (χ0) is 17.9. The normalized spacial score (nSPS) is 12.2. The maximum absolute atomic E-state index is 12.2. The lowest BCUT2D eigenvalue weighted by atomic mass is 10.0. The highest BCUT2D eigenvalue weighted by Gasteiger charge is 2.11. The number of nitrogens with zero attached hydrogens (tertiary/aromatic N) is 2. The fourth-order valence-corrected chi connectivity index (χ4v) is 2.50. The van der Waals surface area contributed by atoms with Crippen LogP contribution in [0.1, 0.15) is 55.5 Å². The molecular weight excluding hydrogens is 312 g/mol. The van der Waals surface area contributed by atoms with Crippen molar-refractivity contribution >= 4 is 11.9 Å². The largest absolute Gasteiger partial charge is 0.289 e. The molecule has 2 heterocycles. The van der Waals surface area contributed by atoms with E-state index in [1.165, 1.54) is 19.3 Å². The summed E-state index contributed by atoms with van der Waals surface area (Å²) in [7, 11) is 0. The summed E-state index contributed by atoms with van der Waals surface area (Å²) in [4.78, 5) is 22.0. The number of hydrogen-bond donors (Lipinski definition) is 0. The number of aromatic nitrogens is 2. The highest BCUT2D eigenvalue weighted by atomic mass is 16.7. The monoisotopic (exact) mass is 339 g/mol. The Bertz CT molecular complexity index is 666. The van der Waals surface area contributed by atoms with Crippen molar-refractivity contribution in [3.63, 3.8) is 0 Å². The molecule has 4 nitrogen and oxygen atoms in total. The summed E-state index contributed by atoms with van der Waals surface area (Å²) in [6.45, 7) is 5.11. The molecule has 0 N–H and O–H groups in total. The molecule has 0 saturated heterocycles. The number of unbranched alkanes of at least 4 members (excludes halogenated alkanes) is 1. The van der Waals surface area contributed by atoms with Crippen molar-refractivity contribution in [3.8, 4) is 0 Å². The molecule has 0 aliphatic carbocycles. The first-order chi connectivity index (χ1) is 12.2. The molecule has 0 radical (unpaired) electrons. The van der Waals surface area contributed by atoms with Gasteiger partial charge in [-0.05, 0) is 42.5 Å². The van der Waals surface area contributed by atoms with Crippen LogP contribution in [-0.4, -0.2) is 17.4 Å². The smallest absolute Gasteiger partial charge is 0.223 e. The standard InChI is InChI=1S/C21H27N2O2/c1-3-5-6-18(4-2)17-25-23-15-11-20(12-16-23)21(24)8-7-19-9-13-22-14-10-19/h7-16,18H,3-6,17H2,1-2H3/q+1. The molecule has 0 aliphatic heterocycles. The first kappa shape index (κ1) is 18.8. The minimum Gasteiger partial charge on any atom is -0.289 e. The quantitative estimate of drug-likeness (QED) is 0.374. The number of carbonyl (C=O) groups excluding carboxylic acids is 1. The van der Waals surface area contributed by atoms with Crippen molar-refractivity contribution in [3.05, 3.63) is 66.3 Å². The van der Waals surface area contributed by atoms with Crippen molar-refractivity contribution in [1.29, 1.82) is 0 Å². The second kappa shape index (κ2) is 10.4. The van der Waals surface area contributed by atoms with Crippen molar-refractivity contribution in [1.82, 2.24) is 4.98 Å². The van der Waals surface area contributed by atoms with E-state index >= 15 is 0 Å². The van der Waals surface area contributed by atoms with Gasteiger partial charge in [0.25, 0.3) is 0 Å². The Morgan fingerprint density at radius 1 is 1.20 bits per heavy atom. The Balaban J connectivity index is 1.88. The molecule has 0 amide bonds. The average Bonchev–Trinajstić information content (AvgIpc) is 2.67. The highest BCUT2D eigenvalue weighted by Crippen LogP contribution is 2.11. The maximum Gasteiger partial charge on any atom is 0.223 e. The van der Waals surface area contributed by atoms with Gasteiger partial charge in [-0.2, -0.15) is 0 Å². The molecule has 0 bridgehead atoms. The Hall–Kier alpha value is -2.49. The zero-order valence-corrected chi connectivity index (χ0v) is 15.1. The predicted molar refractivity (Wildman–Crippen MR) is 99.0 cm³/mol. The second-order valence-electron chi connectivity index (χ2n) is 6.14. The topological polar surface area (TPSA) is 43.1 Å². The molecule has 4 heteroatoms. The van der Waals surface area contributed by atoms with E-state index in [0.29, 0.717) is 18.1 Å². The van der Waals surface area contributed by atoms with Gasteiger partial charge in [-0.1, -0.05) is 32.8 Å². The van der Waals surface area contributed by atoms with E-state index in [-0.39, 0.29) is 5.78 Å². The van der Waals surface area contributed by atoms with Crippen LogP contribution in [-0.2, 0) is 0 Å². The van der Waals surface area contributed by atoms with Crippen molar-refractivity contribution in [2.24, 2.45) is 5.92 Å². The third-order valence-corrected chi connectivity index (χ3v) is 4.22. The van der Waals surface area contributed by atoms with E-state index in [2.05, 4.69) is 18.8 Å². The molecule has 1 unspecified atom stereocenters. The van der Waals surface area contributed by atoms with E-state index in [0.717, 1.165) is 12.0 Å². The Kier molecular flexibility index (Phi) is 7.83. The first-order valence-corrected chi connectivity index (χ1v) is 9.00. The molecule has 0 aromatic carbocycles. The fourth-order valence-electron chi connectivity index (χ4n) is 2.50. The van der Waals surface area contributed by atoms with Crippen LogP contribution in [0.3, 0.4) is 0 Å². The molecule has 2 aromatic heterocycles. The number of carbonyl (C=O) groups is 1. The van der Waals surface area contributed by atoms with Gasteiger partial charge in [-0.15, -0.1) is 0 Å². The Morgan fingerprint density at radius 2 is 1.92 bits per heavy atom. The third-order valence-electron chi connectivity index (χ3n) is 4.22. The van der Waals surface area contributed by atoms with Gasteiger partial charge in [0.1, 0.15) is 0 Å². The summed E-state index contributed by atoms with van der Waals surface area (Å²) in [6, 6.07) is 7.29. The third kappa shape index (κ3) is 6.49. The number of ketones is 1. The van der Waals surface area contributed by atoms with Crippen LogP contribution < -0.4 is 9.57 Å². The molecule has 0 spiro atoms. The van der Waals surface area contributed by atoms with E-state index < -0.39 is 0 Å². The zero-order valence-electron chi connectivity index (χ0n) is 15.1. The summed E-state index contributed by atoms with van der Waals surface area (Å²) < 4.78 is 1.68.